The van der Waals surface area contributed by atoms with Crippen LogP contribution in [0.15, 0.2) is 12.2 Å². The lowest BCUT2D eigenvalue weighted by molar-refractivity contribution is -0.140. The maximum absolute atomic E-state index is 11.3. The summed E-state index contributed by atoms with van der Waals surface area (Å²) in [4.78, 5) is 13.9. The van der Waals surface area contributed by atoms with Crippen LogP contribution in [0.2, 0.25) is 18.1 Å². The van der Waals surface area contributed by atoms with Crippen molar-refractivity contribution in [1.29, 1.82) is 0 Å². The van der Waals surface area contributed by atoms with Gasteiger partial charge < -0.3 is 9.16 Å². The number of nitrogens with zero attached hydrogens (tertiary/aromatic N) is 1. The molecule has 0 amide bonds. The number of esters is 1. The number of carbonyl (C=O) groups is 1. The highest BCUT2D eigenvalue weighted by molar-refractivity contribution is 6.74. The van der Waals surface area contributed by atoms with Crippen LogP contribution < -0.4 is 0 Å². The number of carbonyl (C=O) groups excluding carboxylic acids is 1. The number of likely N-dealkylation sites (tertiary alicyclic amines) is 1. The number of allylic oxidation sites excluding steroid dienone is 1. The van der Waals surface area contributed by atoms with E-state index in [1.54, 1.807) is 0 Å². The first-order chi connectivity index (χ1) is 17.0. The van der Waals surface area contributed by atoms with Gasteiger partial charge in [-0.15, -0.1) is 11.6 Å². The summed E-state index contributed by atoms with van der Waals surface area (Å²) in [5.41, 5.74) is 0.447. The fourth-order valence-corrected chi connectivity index (χ4v) is 7.75. The van der Waals surface area contributed by atoms with Gasteiger partial charge in [0.15, 0.2) is 8.32 Å². The molecule has 2 saturated carbocycles. The normalized spacial score (nSPS) is 25.8. The zero-order chi connectivity index (χ0) is 26.4. The summed E-state index contributed by atoms with van der Waals surface area (Å²) in [5, 5.41) is 0.488. The predicted molar refractivity (Wildman–Crippen MR) is 154 cm³/mol. The summed E-state index contributed by atoms with van der Waals surface area (Å²) < 4.78 is 12.0. The molecule has 4 nitrogen and oxygen atoms in total. The molecule has 0 aromatic heterocycles. The molecule has 3 atom stereocenters. The van der Waals surface area contributed by atoms with E-state index < -0.39 is 8.32 Å². The van der Waals surface area contributed by atoms with Gasteiger partial charge in [0.25, 0.3) is 0 Å². The Labute approximate surface area is 228 Å². The Kier molecular flexibility index (Phi) is 11.0. The van der Waals surface area contributed by atoms with Crippen LogP contribution in [-0.2, 0) is 14.0 Å². The van der Waals surface area contributed by atoms with Crippen LogP contribution in [0.25, 0.3) is 0 Å². The van der Waals surface area contributed by atoms with E-state index >= 15 is 0 Å². The van der Waals surface area contributed by atoms with E-state index in [1.807, 2.05) is 0 Å². The number of ether oxygens (including phenoxy) is 1. The lowest BCUT2D eigenvalue weighted by Gasteiger charge is -2.52. The SMILES string of the molecule is COC(=O)CCCC=CC[C@@H]1[C@H](Cl)CCN1CCCC(O[Si](C)(C)C(C)(C)C)C1(CC2CC2)CCC1. The van der Waals surface area contributed by atoms with Gasteiger partial charge in [0, 0.05) is 12.5 Å². The molecule has 0 aromatic carbocycles. The molecule has 36 heavy (non-hydrogen) atoms. The van der Waals surface area contributed by atoms with E-state index in [1.165, 1.54) is 58.5 Å². The van der Waals surface area contributed by atoms with Gasteiger partial charge in [0.1, 0.15) is 0 Å². The molecule has 2 aliphatic carbocycles. The molecule has 3 rings (SSSR count). The zero-order valence-electron chi connectivity index (χ0n) is 24.1. The van der Waals surface area contributed by atoms with Crippen LogP contribution in [0.1, 0.15) is 104 Å². The molecule has 0 aromatic rings. The van der Waals surface area contributed by atoms with Crippen molar-refractivity contribution < 1.29 is 14.0 Å². The summed E-state index contributed by atoms with van der Waals surface area (Å²) in [6, 6.07) is 0.424. The van der Waals surface area contributed by atoms with Crippen molar-refractivity contribution in [2.75, 3.05) is 20.2 Å². The van der Waals surface area contributed by atoms with Gasteiger partial charge in [0.05, 0.1) is 18.6 Å². The Balaban J connectivity index is 1.53. The Morgan fingerprint density at radius 3 is 2.47 bits per heavy atom. The third kappa shape index (κ3) is 8.32. The summed E-state index contributed by atoms with van der Waals surface area (Å²) in [6.45, 7) is 14.2. The van der Waals surface area contributed by atoms with Crippen LogP contribution in [0.3, 0.4) is 0 Å². The van der Waals surface area contributed by atoms with Crippen LogP contribution in [0.4, 0.5) is 0 Å². The van der Waals surface area contributed by atoms with Gasteiger partial charge in [-0.1, -0.05) is 52.2 Å². The number of alkyl halides is 1. The molecule has 0 spiro atoms. The standard InChI is InChI=1S/C30H54ClNO3Si/c1-29(2,3)36(5,6)35-27(30(19-12-20-30)23-24-16-17-24)14-11-21-32-22-18-25(31)26(32)13-9-7-8-10-15-28(33)34-4/h7,9,24-27H,8,10-23H2,1-6H3/t25-,26-,27?/m1/s1. The smallest absolute Gasteiger partial charge is 0.305 e. The second-order valence-electron chi connectivity index (χ2n) is 13.5. The van der Waals surface area contributed by atoms with E-state index in [4.69, 9.17) is 20.8 Å². The average molecular weight is 540 g/mol. The minimum atomic E-state index is -1.81. The molecule has 3 aliphatic rings. The maximum Gasteiger partial charge on any atom is 0.305 e. The monoisotopic (exact) mass is 539 g/mol. The predicted octanol–water partition coefficient (Wildman–Crippen LogP) is 8.10. The van der Waals surface area contributed by atoms with Gasteiger partial charge in [-0.25, -0.2) is 0 Å². The van der Waals surface area contributed by atoms with E-state index in [9.17, 15) is 4.79 Å². The molecule has 6 heteroatoms. The van der Waals surface area contributed by atoms with Gasteiger partial charge in [-0.2, -0.15) is 0 Å². The third-order valence-corrected chi connectivity index (χ3v) is 14.7. The zero-order valence-corrected chi connectivity index (χ0v) is 25.9. The van der Waals surface area contributed by atoms with Gasteiger partial charge in [-0.3, -0.25) is 9.69 Å². The number of methoxy groups -OCH3 is 1. The summed E-state index contributed by atoms with van der Waals surface area (Å²) in [6.07, 6.45) is 20.1. The van der Waals surface area contributed by atoms with E-state index in [-0.39, 0.29) is 16.4 Å². The first kappa shape index (κ1) is 30.2. The number of rotatable bonds is 15. The summed E-state index contributed by atoms with van der Waals surface area (Å²) >= 11 is 6.76. The summed E-state index contributed by atoms with van der Waals surface area (Å²) in [5.74, 6) is 0.845. The number of halogens is 1. The molecule has 208 valence electrons. The quantitative estimate of drug-likeness (QED) is 0.0692. The average Bonchev–Trinajstić information content (AvgIpc) is 3.54. The van der Waals surface area contributed by atoms with E-state index in [2.05, 4.69) is 50.9 Å². The minimum absolute atomic E-state index is 0.122. The molecule has 0 radical (unpaired) electrons. The fraction of sp³-hybridized carbons (Fsp3) is 0.900. The topological polar surface area (TPSA) is 38.8 Å². The molecule has 0 bridgehead atoms. The van der Waals surface area contributed by atoms with Crippen LogP contribution in [0.5, 0.6) is 0 Å². The van der Waals surface area contributed by atoms with Crippen LogP contribution in [0, 0.1) is 11.3 Å². The number of hydrogen-bond acceptors (Lipinski definition) is 4. The van der Waals surface area contributed by atoms with Gasteiger partial charge in [0.2, 0.25) is 0 Å². The lowest BCUT2D eigenvalue weighted by atomic mass is 9.61. The minimum Gasteiger partial charge on any atom is -0.469 e. The van der Waals surface area contributed by atoms with Crippen molar-refractivity contribution in [1.82, 2.24) is 4.90 Å². The molecular formula is C30H54ClNO3Si. The maximum atomic E-state index is 11.3. The molecular weight excluding hydrogens is 486 g/mol. The van der Waals surface area contributed by atoms with Crippen molar-refractivity contribution in [3.8, 4) is 0 Å². The number of unbranched alkanes of at least 4 members (excludes halogenated alkanes) is 1. The van der Waals surface area contributed by atoms with Gasteiger partial charge in [-0.05, 0) is 100 Å². The molecule has 1 unspecified atom stereocenters. The van der Waals surface area contributed by atoms with E-state index in [0.29, 0.717) is 24.0 Å². The largest absolute Gasteiger partial charge is 0.469 e. The number of hydrogen-bond donors (Lipinski definition) is 0. The highest BCUT2D eigenvalue weighted by atomic mass is 35.5. The van der Waals surface area contributed by atoms with Crippen molar-refractivity contribution >= 4 is 25.9 Å². The van der Waals surface area contributed by atoms with E-state index in [0.717, 1.165) is 44.7 Å². The molecule has 0 N–H and O–H groups in total. The fourth-order valence-electron chi connectivity index (χ4n) is 5.96. The lowest BCUT2D eigenvalue weighted by Crippen LogP contribution is -2.52. The van der Waals surface area contributed by atoms with Crippen LogP contribution >= 0.6 is 11.6 Å². The first-order valence-corrected chi connectivity index (χ1v) is 18.1. The molecule has 1 heterocycles. The first-order valence-electron chi connectivity index (χ1n) is 14.8. The Bertz CT molecular complexity index is 726. The Hall–Kier alpha value is -0.363. The Morgan fingerprint density at radius 1 is 1.17 bits per heavy atom. The van der Waals surface area contributed by atoms with Crippen LogP contribution in [-0.4, -0.2) is 56.9 Å². The van der Waals surface area contributed by atoms with Crippen molar-refractivity contribution in [2.24, 2.45) is 11.3 Å². The molecule has 3 fully saturated rings. The van der Waals surface area contributed by atoms with Crippen molar-refractivity contribution in [2.45, 2.75) is 140 Å². The van der Waals surface area contributed by atoms with Crippen molar-refractivity contribution in [3.05, 3.63) is 12.2 Å². The highest BCUT2D eigenvalue weighted by Gasteiger charge is 2.50. The molecule has 1 aliphatic heterocycles. The van der Waals surface area contributed by atoms with Crippen molar-refractivity contribution in [3.63, 3.8) is 0 Å². The second-order valence-corrected chi connectivity index (χ2v) is 18.8. The highest BCUT2D eigenvalue weighted by Crippen LogP contribution is 2.56. The second kappa shape index (κ2) is 13.1. The third-order valence-electron chi connectivity index (χ3n) is 9.68. The van der Waals surface area contributed by atoms with Gasteiger partial charge >= 0.3 is 5.97 Å². The Morgan fingerprint density at radius 2 is 1.89 bits per heavy atom. The molecule has 1 saturated heterocycles. The summed E-state index contributed by atoms with van der Waals surface area (Å²) in [7, 11) is -0.355.